The summed E-state index contributed by atoms with van der Waals surface area (Å²) in [6.07, 6.45) is 0.707. The summed E-state index contributed by atoms with van der Waals surface area (Å²) in [6, 6.07) is 13.2. The Kier molecular flexibility index (Phi) is 5.02. The molecular weight excluding hydrogens is 330 g/mol. The second kappa shape index (κ2) is 7.39. The number of carbonyl (C=O) groups is 2. The average Bonchev–Trinajstić information content (AvgIpc) is 2.65. The van der Waals surface area contributed by atoms with Gasteiger partial charge in [0.15, 0.2) is 0 Å². The van der Waals surface area contributed by atoms with Gasteiger partial charge >= 0.3 is 0 Å². The van der Waals surface area contributed by atoms with Gasteiger partial charge in [0.25, 0.3) is 5.91 Å². The number of Topliss-reactive ketones (excluding diaryl/α,β-unsaturated/α-hetero) is 1. The van der Waals surface area contributed by atoms with Crippen LogP contribution in [0.25, 0.3) is 0 Å². The number of nitrogens with two attached hydrogens (primary N) is 1. The van der Waals surface area contributed by atoms with Crippen LogP contribution in [0, 0.1) is 5.41 Å². The molecule has 1 aliphatic heterocycles. The van der Waals surface area contributed by atoms with Crippen molar-refractivity contribution in [2.24, 2.45) is 5.73 Å². The maximum Gasteiger partial charge on any atom is 0.289 e. The van der Waals surface area contributed by atoms with E-state index in [0.717, 1.165) is 22.4 Å². The minimum Gasteiger partial charge on any atom is -0.489 e. The first-order valence-corrected chi connectivity index (χ1v) is 8.42. The zero-order valence-electron chi connectivity index (χ0n) is 14.6. The number of ketones is 1. The minimum atomic E-state index is -0.427. The minimum absolute atomic E-state index is 0.0458. The molecule has 0 saturated carbocycles. The van der Waals surface area contributed by atoms with E-state index >= 15 is 0 Å². The predicted molar refractivity (Wildman–Crippen MR) is 98.0 cm³/mol. The molecule has 1 aliphatic rings. The summed E-state index contributed by atoms with van der Waals surface area (Å²) < 4.78 is 5.85. The largest absolute Gasteiger partial charge is 0.489 e. The molecule has 0 spiro atoms. The lowest BCUT2D eigenvalue weighted by molar-refractivity contribution is -0.144. The highest BCUT2D eigenvalue weighted by Gasteiger charge is 2.23. The Morgan fingerprint density at radius 1 is 1.15 bits per heavy atom. The number of fused-ring (bicyclic) bond motifs is 1. The van der Waals surface area contributed by atoms with Crippen LogP contribution in [0.2, 0.25) is 0 Å². The zero-order chi connectivity index (χ0) is 18.7. The van der Waals surface area contributed by atoms with Gasteiger partial charge in [-0.25, -0.2) is 0 Å². The number of benzene rings is 2. The van der Waals surface area contributed by atoms with Crippen LogP contribution in [0.1, 0.15) is 29.2 Å². The number of nitrogen functional groups attached to an aromatic ring is 1. The molecule has 134 valence electrons. The summed E-state index contributed by atoms with van der Waals surface area (Å²) in [5.74, 6) is -0.0376. The van der Waals surface area contributed by atoms with Crippen LogP contribution in [-0.4, -0.2) is 29.0 Å². The van der Waals surface area contributed by atoms with Crippen molar-refractivity contribution in [1.82, 2.24) is 4.90 Å². The van der Waals surface area contributed by atoms with Gasteiger partial charge < -0.3 is 15.4 Å². The molecule has 0 atom stereocenters. The Labute approximate surface area is 152 Å². The Hall–Kier alpha value is -3.15. The Morgan fingerprint density at radius 3 is 2.54 bits per heavy atom. The molecule has 0 aliphatic carbocycles. The molecule has 2 aromatic carbocycles. The fourth-order valence-electron chi connectivity index (χ4n) is 2.96. The number of rotatable bonds is 5. The molecule has 1 amide bonds. The number of ether oxygens (including phenoxy) is 1. The fraction of sp³-hybridized carbons (Fsp3) is 0.250. The first-order valence-electron chi connectivity index (χ1n) is 8.42. The van der Waals surface area contributed by atoms with Gasteiger partial charge in [-0.3, -0.25) is 15.0 Å². The molecule has 0 unspecified atom stereocenters. The van der Waals surface area contributed by atoms with Gasteiger partial charge in [0.05, 0.1) is 0 Å². The first kappa shape index (κ1) is 17.7. The smallest absolute Gasteiger partial charge is 0.289 e. The SMILES string of the molecule is CC(=O)C(=O)N1CCc2cc(OCc3ccc(C(=N)N)cc3)ccc2C1. The summed E-state index contributed by atoms with van der Waals surface area (Å²) in [5, 5.41) is 7.40. The van der Waals surface area contributed by atoms with E-state index in [1.807, 2.05) is 30.3 Å². The normalized spacial score (nSPS) is 13.0. The van der Waals surface area contributed by atoms with E-state index in [9.17, 15) is 9.59 Å². The van der Waals surface area contributed by atoms with E-state index in [1.54, 1.807) is 17.0 Å². The monoisotopic (exact) mass is 351 g/mol. The number of amidine groups is 1. The number of carbonyl (C=O) groups excluding carboxylic acids is 2. The predicted octanol–water partition coefficient (Wildman–Crippen LogP) is 2.02. The van der Waals surface area contributed by atoms with Crippen molar-refractivity contribution in [2.45, 2.75) is 26.5 Å². The van der Waals surface area contributed by atoms with Crippen molar-refractivity contribution in [1.29, 1.82) is 5.41 Å². The maximum atomic E-state index is 11.8. The third kappa shape index (κ3) is 3.91. The molecule has 3 N–H and O–H groups in total. The van der Waals surface area contributed by atoms with Gasteiger partial charge in [0.2, 0.25) is 5.78 Å². The number of amides is 1. The van der Waals surface area contributed by atoms with Crippen LogP contribution in [0.4, 0.5) is 0 Å². The van der Waals surface area contributed by atoms with Crippen LogP contribution < -0.4 is 10.5 Å². The topological polar surface area (TPSA) is 96.5 Å². The molecule has 0 saturated heterocycles. The van der Waals surface area contributed by atoms with Gasteiger partial charge in [-0.2, -0.15) is 0 Å². The van der Waals surface area contributed by atoms with E-state index in [4.69, 9.17) is 15.9 Å². The maximum absolute atomic E-state index is 11.8. The van der Waals surface area contributed by atoms with Crippen molar-refractivity contribution < 1.29 is 14.3 Å². The lowest BCUT2D eigenvalue weighted by Crippen LogP contribution is -2.39. The summed E-state index contributed by atoms with van der Waals surface area (Å²) in [4.78, 5) is 24.7. The highest BCUT2D eigenvalue weighted by atomic mass is 16.5. The van der Waals surface area contributed by atoms with Gasteiger partial charge in [0.1, 0.15) is 18.2 Å². The summed E-state index contributed by atoms with van der Waals surface area (Å²) in [7, 11) is 0. The molecule has 0 radical (unpaired) electrons. The number of nitrogens with one attached hydrogen (secondary N) is 1. The van der Waals surface area contributed by atoms with Gasteiger partial charge in [-0.15, -0.1) is 0 Å². The molecule has 6 heteroatoms. The second-order valence-electron chi connectivity index (χ2n) is 6.36. The molecule has 0 aromatic heterocycles. The van der Waals surface area contributed by atoms with Crippen LogP contribution >= 0.6 is 0 Å². The van der Waals surface area contributed by atoms with Crippen LogP contribution in [0.3, 0.4) is 0 Å². The number of hydrogen-bond donors (Lipinski definition) is 2. The van der Waals surface area contributed by atoms with Crippen molar-refractivity contribution in [3.05, 3.63) is 64.7 Å². The van der Waals surface area contributed by atoms with E-state index < -0.39 is 11.7 Å². The van der Waals surface area contributed by atoms with Crippen molar-refractivity contribution >= 4 is 17.5 Å². The van der Waals surface area contributed by atoms with Crippen LogP contribution in [0.5, 0.6) is 5.75 Å². The quantitative estimate of drug-likeness (QED) is 0.489. The van der Waals surface area contributed by atoms with Gasteiger partial charge in [0, 0.05) is 25.6 Å². The lowest BCUT2D eigenvalue weighted by Gasteiger charge is -2.28. The lowest BCUT2D eigenvalue weighted by atomic mass is 9.99. The number of hydrogen-bond acceptors (Lipinski definition) is 4. The molecule has 0 fully saturated rings. The fourth-order valence-corrected chi connectivity index (χ4v) is 2.96. The molecule has 1 heterocycles. The van der Waals surface area contributed by atoms with Crippen LogP contribution in [-0.2, 0) is 29.2 Å². The standard InChI is InChI=1S/C20H21N3O3/c1-13(24)20(25)23-9-8-16-10-18(7-6-17(16)11-23)26-12-14-2-4-15(5-3-14)19(21)22/h2-7,10H,8-9,11-12H2,1H3,(H3,21,22). The van der Waals surface area contributed by atoms with E-state index in [1.165, 1.54) is 6.92 Å². The Balaban J connectivity index is 1.64. The highest BCUT2D eigenvalue weighted by molar-refractivity contribution is 6.35. The molecule has 26 heavy (non-hydrogen) atoms. The summed E-state index contributed by atoms with van der Waals surface area (Å²) in [6.45, 7) is 2.73. The zero-order valence-corrected chi connectivity index (χ0v) is 14.6. The molecule has 2 aromatic rings. The second-order valence-corrected chi connectivity index (χ2v) is 6.36. The van der Waals surface area contributed by atoms with Crippen molar-refractivity contribution in [3.63, 3.8) is 0 Å². The van der Waals surface area contributed by atoms with Crippen molar-refractivity contribution in [2.75, 3.05) is 6.54 Å². The van der Waals surface area contributed by atoms with Gasteiger partial charge in [-0.05, 0) is 35.2 Å². The molecular formula is C20H21N3O3. The third-order valence-corrected chi connectivity index (χ3v) is 4.45. The average molecular weight is 351 g/mol. The molecule has 0 bridgehead atoms. The van der Waals surface area contributed by atoms with E-state index in [-0.39, 0.29) is 5.84 Å². The summed E-state index contributed by atoms with van der Waals surface area (Å²) in [5.41, 5.74) is 9.31. The summed E-state index contributed by atoms with van der Waals surface area (Å²) >= 11 is 0. The first-order chi connectivity index (χ1) is 12.4. The highest BCUT2D eigenvalue weighted by Crippen LogP contribution is 2.24. The van der Waals surface area contributed by atoms with E-state index in [0.29, 0.717) is 31.7 Å². The Morgan fingerprint density at radius 2 is 1.88 bits per heavy atom. The molecule has 6 nitrogen and oxygen atoms in total. The van der Waals surface area contributed by atoms with Gasteiger partial charge in [-0.1, -0.05) is 30.3 Å². The molecule has 3 rings (SSSR count). The van der Waals surface area contributed by atoms with E-state index in [2.05, 4.69) is 0 Å². The third-order valence-electron chi connectivity index (χ3n) is 4.45. The van der Waals surface area contributed by atoms with Crippen LogP contribution in [0.15, 0.2) is 42.5 Å². The Bertz CT molecular complexity index is 859. The van der Waals surface area contributed by atoms with Crippen molar-refractivity contribution in [3.8, 4) is 5.75 Å². The number of nitrogens with zero attached hydrogens (tertiary/aromatic N) is 1.